The third-order valence-electron chi connectivity index (χ3n) is 1.89. The van der Waals surface area contributed by atoms with Crippen LogP contribution in [0.1, 0.15) is 20.3 Å². The lowest BCUT2D eigenvalue weighted by Gasteiger charge is -2.27. The predicted octanol–water partition coefficient (Wildman–Crippen LogP) is 0.383. The summed E-state index contributed by atoms with van der Waals surface area (Å²) in [5.41, 5.74) is -0.0786. The van der Waals surface area contributed by atoms with Gasteiger partial charge in [0.2, 0.25) is 0 Å². The zero-order chi connectivity index (χ0) is 8.74. The van der Waals surface area contributed by atoms with Gasteiger partial charge in [0, 0.05) is 18.8 Å². The zero-order valence-corrected chi connectivity index (χ0v) is 7.68. The van der Waals surface area contributed by atoms with E-state index < -0.39 is 0 Å². The minimum absolute atomic E-state index is 0.0786. The highest BCUT2D eigenvalue weighted by atomic mass is 16.5. The molecule has 1 unspecified atom stereocenters. The lowest BCUT2D eigenvalue weighted by Crippen LogP contribution is -2.45. The first-order valence-electron chi connectivity index (χ1n) is 4.06. The van der Waals surface area contributed by atoms with Gasteiger partial charge in [-0.15, -0.1) is 0 Å². The maximum absolute atomic E-state index is 8.74. The van der Waals surface area contributed by atoms with E-state index in [1.165, 1.54) is 0 Å². The molecule has 0 aliphatic carbocycles. The quantitative estimate of drug-likeness (QED) is 0.592. The molecule has 0 spiro atoms. The number of likely N-dealkylation sites (N-methyl/N-ethyl adjacent to an activating group) is 1. The van der Waals surface area contributed by atoms with Crippen molar-refractivity contribution in [3.05, 3.63) is 0 Å². The molecule has 0 aromatic carbocycles. The van der Waals surface area contributed by atoms with E-state index in [1.807, 2.05) is 20.9 Å². The summed E-state index contributed by atoms with van der Waals surface area (Å²) in [6.07, 6.45) is 0.726. The number of ether oxygens (including phenoxy) is 1. The SMILES string of the molecule is CCOCC(C)(CCO)NC. The molecule has 3 nitrogen and oxygen atoms in total. The molecule has 0 bridgehead atoms. The molecule has 2 N–H and O–H groups in total. The Morgan fingerprint density at radius 1 is 1.55 bits per heavy atom. The summed E-state index contributed by atoms with van der Waals surface area (Å²) < 4.78 is 5.27. The van der Waals surface area contributed by atoms with Crippen molar-refractivity contribution in [2.24, 2.45) is 0 Å². The summed E-state index contributed by atoms with van der Waals surface area (Å²) in [7, 11) is 1.88. The maximum Gasteiger partial charge on any atom is 0.0646 e. The van der Waals surface area contributed by atoms with Gasteiger partial charge in [-0.1, -0.05) is 0 Å². The van der Waals surface area contributed by atoms with Crippen LogP contribution in [0.3, 0.4) is 0 Å². The molecule has 0 aromatic heterocycles. The van der Waals surface area contributed by atoms with Crippen molar-refractivity contribution in [2.45, 2.75) is 25.8 Å². The topological polar surface area (TPSA) is 41.5 Å². The first-order chi connectivity index (χ1) is 5.18. The zero-order valence-electron chi connectivity index (χ0n) is 7.68. The Labute approximate surface area is 68.8 Å². The smallest absolute Gasteiger partial charge is 0.0646 e. The molecule has 0 fully saturated rings. The van der Waals surface area contributed by atoms with E-state index >= 15 is 0 Å². The largest absolute Gasteiger partial charge is 0.396 e. The van der Waals surface area contributed by atoms with Crippen LogP contribution in [0, 0.1) is 0 Å². The normalized spacial score (nSPS) is 16.4. The van der Waals surface area contributed by atoms with E-state index in [-0.39, 0.29) is 12.1 Å². The van der Waals surface area contributed by atoms with Gasteiger partial charge in [0.1, 0.15) is 0 Å². The van der Waals surface area contributed by atoms with Gasteiger partial charge < -0.3 is 15.2 Å². The second-order valence-electron chi connectivity index (χ2n) is 2.92. The summed E-state index contributed by atoms with van der Waals surface area (Å²) in [5, 5.41) is 11.9. The maximum atomic E-state index is 8.74. The van der Waals surface area contributed by atoms with Gasteiger partial charge in [-0.3, -0.25) is 0 Å². The fourth-order valence-electron chi connectivity index (χ4n) is 0.843. The summed E-state index contributed by atoms with van der Waals surface area (Å²) in [4.78, 5) is 0. The van der Waals surface area contributed by atoms with Crippen molar-refractivity contribution in [2.75, 3.05) is 26.9 Å². The average Bonchev–Trinajstić information content (AvgIpc) is 2.02. The Hall–Kier alpha value is -0.120. The van der Waals surface area contributed by atoms with Crippen molar-refractivity contribution in [3.8, 4) is 0 Å². The van der Waals surface area contributed by atoms with Crippen molar-refractivity contribution in [1.82, 2.24) is 5.32 Å². The molecule has 0 radical (unpaired) electrons. The van der Waals surface area contributed by atoms with E-state index in [1.54, 1.807) is 0 Å². The molecular formula is C8H19NO2. The molecule has 0 saturated heterocycles. The lowest BCUT2D eigenvalue weighted by molar-refractivity contribution is 0.0737. The van der Waals surface area contributed by atoms with Gasteiger partial charge in [0.05, 0.1) is 6.61 Å². The van der Waals surface area contributed by atoms with Gasteiger partial charge in [-0.25, -0.2) is 0 Å². The summed E-state index contributed by atoms with van der Waals surface area (Å²) in [5.74, 6) is 0. The van der Waals surface area contributed by atoms with Crippen LogP contribution in [0.5, 0.6) is 0 Å². The molecule has 0 aliphatic rings. The molecule has 0 saturated carbocycles. The molecular weight excluding hydrogens is 142 g/mol. The Balaban J connectivity index is 3.68. The Bertz CT molecular complexity index is 98.1. The molecule has 0 aliphatic heterocycles. The highest BCUT2D eigenvalue weighted by Crippen LogP contribution is 2.08. The number of aliphatic hydroxyl groups excluding tert-OH is 1. The molecule has 11 heavy (non-hydrogen) atoms. The number of hydrogen-bond acceptors (Lipinski definition) is 3. The average molecular weight is 161 g/mol. The number of hydrogen-bond donors (Lipinski definition) is 2. The van der Waals surface area contributed by atoms with Crippen LogP contribution < -0.4 is 5.32 Å². The van der Waals surface area contributed by atoms with Crippen molar-refractivity contribution in [3.63, 3.8) is 0 Å². The van der Waals surface area contributed by atoms with Crippen molar-refractivity contribution < 1.29 is 9.84 Å². The Kier molecular flexibility index (Phi) is 5.46. The first kappa shape index (κ1) is 10.9. The Morgan fingerprint density at radius 3 is 2.55 bits per heavy atom. The van der Waals surface area contributed by atoms with E-state index in [0.29, 0.717) is 6.61 Å². The molecule has 0 amide bonds. The first-order valence-corrected chi connectivity index (χ1v) is 4.06. The summed E-state index contributed by atoms with van der Waals surface area (Å²) in [6, 6.07) is 0. The van der Waals surface area contributed by atoms with Crippen LogP contribution in [-0.4, -0.2) is 37.5 Å². The number of rotatable bonds is 6. The van der Waals surface area contributed by atoms with Crippen LogP contribution in [0.25, 0.3) is 0 Å². The van der Waals surface area contributed by atoms with Crippen LogP contribution in [-0.2, 0) is 4.74 Å². The Morgan fingerprint density at radius 2 is 2.18 bits per heavy atom. The highest BCUT2D eigenvalue weighted by molar-refractivity contribution is 4.80. The van der Waals surface area contributed by atoms with Crippen molar-refractivity contribution in [1.29, 1.82) is 0 Å². The standard InChI is InChI=1S/C8H19NO2/c1-4-11-7-8(2,9-3)5-6-10/h9-10H,4-7H2,1-3H3. The van der Waals surface area contributed by atoms with Gasteiger partial charge in [-0.2, -0.15) is 0 Å². The van der Waals surface area contributed by atoms with Gasteiger partial charge in [-0.05, 0) is 27.3 Å². The van der Waals surface area contributed by atoms with Crippen LogP contribution in [0.4, 0.5) is 0 Å². The van der Waals surface area contributed by atoms with E-state index in [2.05, 4.69) is 5.32 Å². The second-order valence-corrected chi connectivity index (χ2v) is 2.92. The summed E-state index contributed by atoms with van der Waals surface area (Å²) in [6.45, 7) is 5.58. The van der Waals surface area contributed by atoms with Crippen LogP contribution >= 0.6 is 0 Å². The minimum atomic E-state index is -0.0786. The molecule has 3 heteroatoms. The second kappa shape index (κ2) is 5.52. The number of nitrogens with one attached hydrogen (secondary N) is 1. The fourth-order valence-corrected chi connectivity index (χ4v) is 0.843. The van der Waals surface area contributed by atoms with Gasteiger partial charge in [0.15, 0.2) is 0 Å². The van der Waals surface area contributed by atoms with Gasteiger partial charge in [0.25, 0.3) is 0 Å². The third kappa shape index (κ3) is 4.35. The third-order valence-corrected chi connectivity index (χ3v) is 1.89. The fraction of sp³-hybridized carbons (Fsp3) is 1.00. The molecule has 0 heterocycles. The number of aliphatic hydroxyl groups is 1. The molecule has 1 atom stereocenters. The minimum Gasteiger partial charge on any atom is -0.396 e. The van der Waals surface area contributed by atoms with E-state index in [9.17, 15) is 0 Å². The molecule has 0 rings (SSSR count). The van der Waals surface area contributed by atoms with E-state index in [4.69, 9.17) is 9.84 Å². The van der Waals surface area contributed by atoms with Crippen LogP contribution in [0.2, 0.25) is 0 Å². The van der Waals surface area contributed by atoms with Crippen molar-refractivity contribution >= 4 is 0 Å². The van der Waals surface area contributed by atoms with Gasteiger partial charge >= 0.3 is 0 Å². The summed E-state index contributed by atoms with van der Waals surface area (Å²) >= 11 is 0. The molecule has 68 valence electrons. The molecule has 0 aromatic rings. The monoisotopic (exact) mass is 161 g/mol. The predicted molar refractivity (Wildman–Crippen MR) is 45.7 cm³/mol. The van der Waals surface area contributed by atoms with Crippen LogP contribution in [0.15, 0.2) is 0 Å². The lowest BCUT2D eigenvalue weighted by atomic mass is 10.0. The van der Waals surface area contributed by atoms with E-state index in [0.717, 1.165) is 13.0 Å². The highest BCUT2D eigenvalue weighted by Gasteiger charge is 2.20.